The summed E-state index contributed by atoms with van der Waals surface area (Å²) in [6, 6.07) is 10.9. The van der Waals surface area contributed by atoms with E-state index in [0.717, 1.165) is 11.3 Å². The molecular weight excluding hydrogens is 343 g/mol. The topological polar surface area (TPSA) is 15.3 Å². The minimum Gasteiger partial charge on any atom is -0.379 e. The van der Waals surface area contributed by atoms with Crippen LogP contribution in [0, 0.1) is 5.82 Å². The predicted molar refractivity (Wildman–Crippen MR) is 87.2 cm³/mol. The molecule has 2 aromatic rings. The Morgan fingerprint density at radius 1 is 1.20 bits per heavy atom. The molecule has 106 valence electrons. The van der Waals surface area contributed by atoms with E-state index in [2.05, 4.69) is 33.4 Å². The van der Waals surface area contributed by atoms with Gasteiger partial charge in [0.15, 0.2) is 0 Å². The SMILES string of the molecule is CN(C)c1ccc(CNc2c(Cl)cc(F)cc2Br)cc1. The molecule has 0 fully saturated rings. The van der Waals surface area contributed by atoms with Crippen molar-refractivity contribution in [1.29, 1.82) is 0 Å². The van der Waals surface area contributed by atoms with E-state index in [9.17, 15) is 4.39 Å². The second kappa shape index (κ2) is 6.46. The maximum Gasteiger partial charge on any atom is 0.125 e. The quantitative estimate of drug-likeness (QED) is 0.835. The van der Waals surface area contributed by atoms with E-state index in [1.165, 1.54) is 12.1 Å². The number of rotatable bonds is 4. The first-order valence-corrected chi connectivity index (χ1v) is 7.29. The van der Waals surface area contributed by atoms with Gasteiger partial charge in [0.25, 0.3) is 0 Å². The third-order valence-electron chi connectivity index (χ3n) is 2.93. The zero-order chi connectivity index (χ0) is 14.7. The molecule has 0 saturated heterocycles. The molecule has 0 aromatic heterocycles. The number of nitrogens with one attached hydrogen (secondary N) is 1. The second-order valence-corrected chi connectivity index (χ2v) is 5.92. The molecule has 0 heterocycles. The van der Waals surface area contributed by atoms with Gasteiger partial charge >= 0.3 is 0 Å². The molecule has 20 heavy (non-hydrogen) atoms. The van der Waals surface area contributed by atoms with Gasteiger partial charge < -0.3 is 10.2 Å². The first-order valence-electron chi connectivity index (χ1n) is 6.12. The van der Waals surface area contributed by atoms with Crippen molar-refractivity contribution < 1.29 is 4.39 Å². The summed E-state index contributed by atoms with van der Waals surface area (Å²) in [5.74, 6) is -0.359. The maximum atomic E-state index is 13.1. The van der Waals surface area contributed by atoms with Crippen molar-refractivity contribution in [2.75, 3.05) is 24.3 Å². The lowest BCUT2D eigenvalue weighted by atomic mass is 10.2. The van der Waals surface area contributed by atoms with Gasteiger partial charge in [-0.15, -0.1) is 0 Å². The lowest BCUT2D eigenvalue weighted by molar-refractivity contribution is 0.627. The third-order valence-corrected chi connectivity index (χ3v) is 3.85. The standard InChI is InChI=1S/C15H15BrClFN2/c1-20(2)12-5-3-10(4-6-12)9-19-15-13(16)7-11(18)8-14(15)17/h3-8,19H,9H2,1-2H3. The van der Waals surface area contributed by atoms with Gasteiger partial charge in [-0.3, -0.25) is 0 Å². The summed E-state index contributed by atoms with van der Waals surface area (Å²) in [4.78, 5) is 2.05. The van der Waals surface area contributed by atoms with E-state index in [-0.39, 0.29) is 5.82 Å². The van der Waals surface area contributed by atoms with Crippen LogP contribution in [0.5, 0.6) is 0 Å². The van der Waals surface area contributed by atoms with Crippen LogP contribution in [0.25, 0.3) is 0 Å². The van der Waals surface area contributed by atoms with Crippen LogP contribution in [0.15, 0.2) is 40.9 Å². The Bertz CT molecular complexity index is 576. The Morgan fingerprint density at radius 2 is 1.85 bits per heavy atom. The highest BCUT2D eigenvalue weighted by molar-refractivity contribution is 9.10. The first kappa shape index (κ1) is 15.1. The van der Waals surface area contributed by atoms with E-state index in [0.29, 0.717) is 21.7 Å². The summed E-state index contributed by atoms with van der Waals surface area (Å²) in [6.45, 7) is 0.623. The second-order valence-electron chi connectivity index (χ2n) is 4.66. The highest BCUT2D eigenvalue weighted by Gasteiger charge is 2.07. The number of benzene rings is 2. The number of nitrogens with zero attached hydrogens (tertiary/aromatic N) is 1. The average molecular weight is 358 g/mol. The van der Waals surface area contributed by atoms with Crippen molar-refractivity contribution in [3.8, 4) is 0 Å². The molecule has 0 saturated carbocycles. The first-order chi connectivity index (χ1) is 9.47. The highest BCUT2D eigenvalue weighted by atomic mass is 79.9. The summed E-state index contributed by atoms with van der Waals surface area (Å²) in [5, 5.41) is 3.58. The average Bonchev–Trinajstić information content (AvgIpc) is 2.38. The smallest absolute Gasteiger partial charge is 0.125 e. The Morgan fingerprint density at radius 3 is 2.40 bits per heavy atom. The van der Waals surface area contributed by atoms with Crippen LogP contribution >= 0.6 is 27.5 Å². The van der Waals surface area contributed by atoms with Crippen molar-refractivity contribution in [3.05, 3.63) is 57.3 Å². The fraction of sp³-hybridized carbons (Fsp3) is 0.200. The van der Waals surface area contributed by atoms with Gasteiger partial charge in [-0.25, -0.2) is 4.39 Å². The van der Waals surface area contributed by atoms with Gasteiger partial charge in [0, 0.05) is 30.8 Å². The molecule has 0 radical (unpaired) electrons. The summed E-state index contributed by atoms with van der Waals surface area (Å²) < 4.78 is 13.8. The monoisotopic (exact) mass is 356 g/mol. The molecule has 2 nitrogen and oxygen atoms in total. The van der Waals surface area contributed by atoms with Crippen molar-refractivity contribution in [2.24, 2.45) is 0 Å². The van der Waals surface area contributed by atoms with Gasteiger partial charge in [-0.1, -0.05) is 23.7 Å². The van der Waals surface area contributed by atoms with Crippen molar-refractivity contribution in [2.45, 2.75) is 6.54 Å². The molecule has 0 aliphatic rings. The van der Waals surface area contributed by atoms with Crippen LogP contribution in [0.1, 0.15) is 5.56 Å². The predicted octanol–water partition coefficient (Wildman–Crippen LogP) is 4.92. The molecule has 0 bridgehead atoms. The Labute approximate surface area is 131 Å². The molecule has 0 unspecified atom stereocenters. The van der Waals surface area contributed by atoms with E-state index in [1.54, 1.807) is 0 Å². The summed E-state index contributed by atoms with van der Waals surface area (Å²) in [5.41, 5.74) is 2.97. The molecule has 0 aliphatic carbocycles. The minimum atomic E-state index is -0.359. The van der Waals surface area contributed by atoms with Crippen LogP contribution in [0.4, 0.5) is 15.8 Å². The minimum absolute atomic E-state index is 0.359. The van der Waals surface area contributed by atoms with Gasteiger partial charge in [-0.05, 0) is 45.8 Å². The lowest BCUT2D eigenvalue weighted by Gasteiger charge is -2.14. The van der Waals surface area contributed by atoms with E-state index >= 15 is 0 Å². The van der Waals surface area contributed by atoms with Crippen LogP contribution in [-0.2, 0) is 6.54 Å². The normalized spacial score (nSPS) is 10.4. The highest BCUT2D eigenvalue weighted by Crippen LogP contribution is 2.32. The molecule has 2 rings (SSSR count). The van der Waals surface area contributed by atoms with Crippen molar-refractivity contribution >= 4 is 38.9 Å². The van der Waals surface area contributed by atoms with Gasteiger partial charge in [0.1, 0.15) is 5.82 Å². The van der Waals surface area contributed by atoms with Gasteiger partial charge in [-0.2, -0.15) is 0 Å². The fourth-order valence-corrected chi connectivity index (χ4v) is 2.77. The molecule has 0 aliphatic heterocycles. The van der Waals surface area contributed by atoms with Gasteiger partial charge in [0.2, 0.25) is 0 Å². The summed E-state index contributed by atoms with van der Waals surface area (Å²) in [7, 11) is 4.01. The Hall–Kier alpha value is -1.26. The molecule has 2 aromatic carbocycles. The Kier molecular flexibility index (Phi) is 4.89. The Balaban J connectivity index is 2.09. The number of anilines is 2. The van der Waals surface area contributed by atoms with Crippen LogP contribution < -0.4 is 10.2 Å². The molecule has 1 N–H and O–H groups in total. The van der Waals surface area contributed by atoms with E-state index in [4.69, 9.17) is 11.6 Å². The maximum absolute atomic E-state index is 13.1. The summed E-state index contributed by atoms with van der Waals surface area (Å²) in [6.07, 6.45) is 0. The van der Waals surface area contributed by atoms with E-state index < -0.39 is 0 Å². The van der Waals surface area contributed by atoms with Crippen LogP contribution in [-0.4, -0.2) is 14.1 Å². The molecular formula is C15H15BrClFN2. The fourth-order valence-electron chi connectivity index (χ4n) is 1.81. The number of hydrogen-bond donors (Lipinski definition) is 1. The third kappa shape index (κ3) is 3.64. The largest absolute Gasteiger partial charge is 0.379 e. The lowest BCUT2D eigenvalue weighted by Crippen LogP contribution is -2.08. The van der Waals surface area contributed by atoms with Crippen LogP contribution in [0.2, 0.25) is 5.02 Å². The number of hydrogen-bond acceptors (Lipinski definition) is 2. The number of halogens is 3. The molecule has 5 heteroatoms. The summed E-state index contributed by atoms with van der Waals surface area (Å²) >= 11 is 9.34. The van der Waals surface area contributed by atoms with Crippen molar-refractivity contribution in [3.63, 3.8) is 0 Å². The molecule has 0 atom stereocenters. The van der Waals surface area contributed by atoms with Crippen LogP contribution in [0.3, 0.4) is 0 Å². The zero-order valence-electron chi connectivity index (χ0n) is 11.3. The molecule has 0 spiro atoms. The zero-order valence-corrected chi connectivity index (χ0v) is 13.6. The molecule has 0 amide bonds. The van der Waals surface area contributed by atoms with Gasteiger partial charge in [0.05, 0.1) is 10.7 Å². The van der Waals surface area contributed by atoms with E-state index in [1.807, 2.05) is 31.1 Å². The van der Waals surface area contributed by atoms with Crippen molar-refractivity contribution in [1.82, 2.24) is 0 Å².